The summed E-state index contributed by atoms with van der Waals surface area (Å²) in [7, 11) is 4.01. The molecule has 0 atom stereocenters. The Kier molecular flexibility index (Phi) is 4.22. The van der Waals surface area contributed by atoms with Crippen molar-refractivity contribution < 1.29 is 4.42 Å². The fraction of sp³-hybridized carbons (Fsp3) is 0.400. The maximum absolute atomic E-state index is 5.33. The first-order valence-electron chi connectivity index (χ1n) is 6.46. The van der Waals surface area contributed by atoms with Crippen molar-refractivity contribution in [1.29, 1.82) is 0 Å². The zero-order valence-electron chi connectivity index (χ0n) is 12.0. The molecule has 0 bridgehead atoms. The molecule has 2 heterocycles. The highest BCUT2D eigenvalue weighted by atomic mass is 16.3. The summed E-state index contributed by atoms with van der Waals surface area (Å²) in [5.41, 5.74) is 3.49. The third kappa shape index (κ3) is 3.35. The summed E-state index contributed by atoms with van der Waals surface area (Å²) < 4.78 is 5.33. The summed E-state index contributed by atoms with van der Waals surface area (Å²) in [6, 6.07) is 6.24. The third-order valence-electron chi connectivity index (χ3n) is 3.15. The monoisotopic (exact) mass is 259 g/mol. The highest BCUT2D eigenvalue weighted by Crippen LogP contribution is 2.18. The fourth-order valence-electron chi connectivity index (χ4n) is 2.13. The van der Waals surface area contributed by atoms with Gasteiger partial charge in [-0.1, -0.05) is 0 Å². The van der Waals surface area contributed by atoms with Gasteiger partial charge in [-0.15, -0.1) is 0 Å². The average molecular weight is 259 g/mol. The largest absolute Gasteiger partial charge is 0.469 e. The molecule has 0 aliphatic carbocycles. The lowest BCUT2D eigenvalue weighted by atomic mass is 10.2. The number of nitrogens with zero attached hydrogens (tertiary/aromatic N) is 2. The lowest BCUT2D eigenvalue weighted by molar-refractivity contribution is 0.529. The number of pyridine rings is 1. The van der Waals surface area contributed by atoms with Crippen LogP contribution >= 0.6 is 0 Å². The van der Waals surface area contributed by atoms with E-state index in [0.717, 1.165) is 30.4 Å². The second-order valence-corrected chi connectivity index (χ2v) is 4.86. The first kappa shape index (κ1) is 13.6. The van der Waals surface area contributed by atoms with Gasteiger partial charge < -0.3 is 14.6 Å². The summed E-state index contributed by atoms with van der Waals surface area (Å²) >= 11 is 0. The number of anilines is 1. The van der Waals surface area contributed by atoms with E-state index in [0.29, 0.717) is 0 Å². The van der Waals surface area contributed by atoms with Gasteiger partial charge >= 0.3 is 0 Å². The fourth-order valence-corrected chi connectivity index (χ4v) is 2.13. The molecule has 0 radical (unpaired) electrons. The molecule has 102 valence electrons. The minimum atomic E-state index is 0.803. The lowest BCUT2D eigenvalue weighted by Crippen LogP contribution is -2.19. The quantitative estimate of drug-likeness (QED) is 0.896. The number of hydrogen-bond acceptors (Lipinski definition) is 4. The van der Waals surface area contributed by atoms with Crippen molar-refractivity contribution in [2.75, 3.05) is 19.0 Å². The molecule has 1 N–H and O–H groups in total. The molecule has 0 aliphatic rings. The van der Waals surface area contributed by atoms with E-state index < -0.39 is 0 Å². The molecule has 0 aliphatic heterocycles. The van der Waals surface area contributed by atoms with Gasteiger partial charge in [0.25, 0.3) is 0 Å². The Morgan fingerprint density at radius 1 is 1.32 bits per heavy atom. The normalized spacial score (nSPS) is 10.7. The van der Waals surface area contributed by atoms with Crippen molar-refractivity contribution in [3.05, 3.63) is 47.0 Å². The van der Waals surface area contributed by atoms with E-state index in [1.54, 1.807) is 6.26 Å². The Hall–Kier alpha value is -1.81. The number of aromatic nitrogens is 1. The topological polar surface area (TPSA) is 41.3 Å². The van der Waals surface area contributed by atoms with Crippen molar-refractivity contribution >= 4 is 5.82 Å². The minimum absolute atomic E-state index is 0.803. The second-order valence-electron chi connectivity index (χ2n) is 4.86. The SMILES string of the molecule is CNCc1cc(C)nc(N(C)Cc2ccoc2C)c1. The Balaban J connectivity index is 2.18. The Morgan fingerprint density at radius 2 is 2.11 bits per heavy atom. The smallest absolute Gasteiger partial charge is 0.129 e. The Morgan fingerprint density at radius 3 is 2.74 bits per heavy atom. The van der Waals surface area contributed by atoms with E-state index in [-0.39, 0.29) is 0 Å². The van der Waals surface area contributed by atoms with E-state index in [4.69, 9.17) is 4.42 Å². The molecule has 2 aromatic heterocycles. The molecule has 0 saturated carbocycles. The molecule has 4 heteroatoms. The van der Waals surface area contributed by atoms with Crippen molar-refractivity contribution in [2.24, 2.45) is 0 Å². The van der Waals surface area contributed by atoms with Crippen LogP contribution in [0.4, 0.5) is 5.82 Å². The Bertz CT molecular complexity index is 548. The van der Waals surface area contributed by atoms with Gasteiger partial charge in [0.05, 0.1) is 6.26 Å². The number of rotatable bonds is 5. The molecule has 0 aromatic carbocycles. The predicted molar refractivity (Wildman–Crippen MR) is 77.3 cm³/mol. The van der Waals surface area contributed by atoms with E-state index in [1.807, 2.05) is 27.0 Å². The minimum Gasteiger partial charge on any atom is -0.469 e. The van der Waals surface area contributed by atoms with Crippen molar-refractivity contribution in [3.63, 3.8) is 0 Å². The van der Waals surface area contributed by atoms with Gasteiger partial charge in [-0.2, -0.15) is 0 Å². The first-order valence-corrected chi connectivity index (χ1v) is 6.46. The number of nitrogens with one attached hydrogen (secondary N) is 1. The van der Waals surface area contributed by atoms with Crippen LogP contribution in [0.15, 0.2) is 28.9 Å². The molecule has 0 saturated heterocycles. The van der Waals surface area contributed by atoms with E-state index in [2.05, 4.69) is 34.4 Å². The maximum Gasteiger partial charge on any atom is 0.129 e. The van der Waals surface area contributed by atoms with Crippen LogP contribution in [0.3, 0.4) is 0 Å². The second kappa shape index (κ2) is 5.89. The van der Waals surface area contributed by atoms with Gasteiger partial charge in [-0.3, -0.25) is 0 Å². The van der Waals surface area contributed by atoms with Crippen LogP contribution in [-0.4, -0.2) is 19.1 Å². The molecule has 0 unspecified atom stereocenters. The number of furan rings is 1. The van der Waals surface area contributed by atoms with Crippen molar-refractivity contribution in [3.8, 4) is 0 Å². The number of aryl methyl sites for hydroxylation is 2. The molecule has 0 amide bonds. The highest BCUT2D eigenvalue weighted by molar-refractivity contribution is 5.43. The van der Waals surface area contributed by atoms with Gasteiger partial charge in [0.15, 0.2) is 0 Å². The molecular weight excluding hydrogens is 238 g/mol. The van der Waals surface area contributed by atoms with E-state index >= 15 is 0 Å². The molecule has 2 aromatic rings. The predicted octanol–water partition coefficient (Wildman–Crippen LogP) is 2.65. The van der Waals surface area contributed by atoms with Crippen molar-refractivity contribution in [1.82, 2.24) is 10.3 Å². The average Bonchev–Trinajstić information content (AvgIpc) is 2.75. The van der Waals surface area contributed by atoms with Crippen LogP contribution in [0.25, 0.3) is 0 Å². The molecule has 2 rings (SSSR count). The summed E-state index contributed by atoms with van der Waals surface area (Å²) in [6.07, 6.45) is 1.73. The summed E-state index contributed by atoms with van der Waals surface area (Å²) in [4.78, 5) is 6.74. The molecule has 0 fully saturated rings. The van der Waals surface area contributed by atoms with Crippen LogP contribution in [0.1, 0.15) is 22.6 Å². The third-order valence-corrected chi connectivity index (χ3v) is 3.15. The van der Waals surface area contributed by atoms with Crippen LogP contribution in [0.5, 0.6) is 0 Å². The van der Waals surface area contributed by atoms with E-state index in [1.165, 1.54) is 11.1 Å². The summed E-state index contributed by atoms with van der Waals surface area (Å²) in [6.45, 7) is 5.67. The van der Waals surface area contributed by atoms with Gasteiger partial charge in [0, 0.05) is 31.4 Å². The van der Waals surface area contributed by atoms with Crippen LogP contribution < -0.4 is 10.2 Å². The number of hydrogen-bond donors (Lipinski definition) is 1. The molecular formula is C15H21N3O. The standard InChI is InChI=1S/C15H21N3O/c1-11-7-13(9-16-3)8-15(17-11)18(4)10-14-5-6-19-12(14)2/h5-8,16H,9-10H2,1-4H3. The highest BCUT2D eigenvalue weighted by Gasteiger charge is 2.09. The van der Waals surface area contributed by atoms with Gasteiger partial charge in [0.1, 0.15) is 11.6 Å². The van der Waals surface area contributed by atoms with Crippen LogP contribution in [-0.2, 0) is 13.1 Å². The summed E-state index contributed by atoms with van der Waals surface area (Å²) in [5, 5.41) is 3.17. The molecule has 19 heavy (non-hydrogen) atoms. The zero-order chi connectivity index (χ0) is 13.8. The van der Waals surface area contributed by atoms with Gasteiger partial charge in [-0.25, -0.2) is 4.98 Å². The first-order chi connectivity index (χ1) is 9.10. The van der Waals surface area contributed by atoms with E-state index in [9.17, 15) is 0 Å². The molecule has 4 nitrogen and oxygen atoms in total. The van der Waals surface area contributed by atoms with Crippen molar-refractivity contribution in [2.45, 2.75) is 26.9 Å². The van der Waals surface area contributed by atoms with Gasteiger partial charge in [-0.05, 0) is 44.7 Å². The summed E-state index contributed by atoms with van der Waals surface area (Å²) in [5.74, 6) is 1.96. The van der Waals surface area contributed by atoms with Crippen LogP contribution in [0, 0.1) is 13.8 Å². The lowest BCUT2D eigenvalue weighted by Gasteiger charge is -2.19. The Labute approximate surface area is 114 Å². The molecule has 0 spiro atoms. The zero-order valence-corrected chi connectivity index (χ0v) is 12.0. The maximum atomic E-state index is 5.33. The van der Waals surface area contributed by atoms with Crippen LogP contribution in [0.2, 0.25) is 0 Å². The van der Waals surface area contributed by atoms with Gasteiger partial charge in [0.2, 0.25) is 0 Å².